The lowest BCUT2D eigenvalue weighted by Crippen LogP contribution is -2.49. The Labute approximate surface area is 152 Å². The summed E-state index contributed by atoms with van der Waals surface area (Å²) in [6.07, 6.45) is 1.61. The molecule has 1 N–H and O–H groups in total. The second kappa shape index (κ2) is 6.44. The minimum atomic E-state index is -0.348. The maximum absolute atomic E-state index is 12.6. The highest BCUT2D eigenvalue weighted by Crippen LogP contribution is 2.28. The first-order chi connectivity index (χ1) is 11.7. The van der Waals surface area contributed by atoms with E-state index in [1.807, 2.05) is 50.4 Å². The molecule has 3 rings (SSSR count). The number of rotatable bonds is 2. The predicted molar refractivity (Wildman–Crippen MR) is 99.9 cm³/mol. The lowest BCUT2D eigenvalue weighted by Gasteiger charge is -2.35. The summed E-state index contributed by atoms with van der Waals surface area (Å²) in [6.45, 7) is 9.20. The topological polar surface area (TPSA) is 67.2 Å². The van der Waals surface area contributed by atoms with E-state index in [4.69, 9.17) is 0 Å². The number of aryl methyl sites for hydroxylation is 2. The number of fused-ring (bicyclic) bond motifs is 1. The first-order valence-electron chi connectivity index (χ1n) is 8.70. The van der Waals surface area contributed by atoms with E-state index in [-0.39, 0.29) is 23.3 Å². The summed E-state index contributed by atoms with van der Waals surface area (Å²) < 4.78 is 1.82. The van der Waals surface area contributed by atoms with Crippen LogP contribution in [0.3, 0.4) is 0 Å². The first kappa shape index (κ1) is 17.9. The van der Waals surface area contributed by atoms with Gasteiger partial charge in [-0.05, 0) is 25.8 Å². The number of nitrogens with zero attached hydrogens (tertiary/aromatic N) is 3. The molecule has 0 unspecified atom stereocenters. The maximum Gasteiger partial charge on any atom is 0.261 e. The summed E-state index contributed by atoms with van der Waals surface area (Å²) in [5.74, 6) is 0.158. The van der Waals surface area contributed by atoms with Crippen molar-refractivity contribution < 1.29 is 9.59 Å². The lowest BCUT2D eigenvalue weighted by molar-refractivity contribution is -0.140. The van der Waals surface area contributed by atoms with Crippen LogP contribution < -0.4 is 5.32 Å². The van der Waals surface area contributed by atoms with Crippen molar-refractivity contribution in [2.45, 2.75) is 46.6 Å². The van der Waals surface area contributed by atoms with Crippen LogP contribution in [0.4, 0.5) is 0 Å². The molecular weight excluding hydrogens is 336 g/mol. The van der Waals surface area contributed by atoms with Crippen LogP contribution in [-0.2, 0) is 11.8 Å². The highest BCUT2D eigenvalue weighted by molar-refractivity contribution is 7.20. The summed E-state index contributed by atoms with van der Waals surface area (Å²) in [5.41, 5.74) is 0.598. The molecule has 1 aliphatic rings. The Morgan fingerprint density at radius 2 is 1.92 bits per heavy atom. The number of piperidine rings is 1. The monoisotopic (exact) mass is 362 g/mol. The fraction of sp³-hybridized carbons (Fsp3) is 0.611. The first-order valence-corrected chi connectivity index (χ1v) is 9.52. The standard InChI is InChI=1S/C18H26N4O2S/c1-11-13-10-14(25-16(13)21(5)20-11)15(23)19-12-6-8-22(9-7-12)17(24)18(2,3)4/h10,12H,6-9H2,1-5H3,(H,19,23). The number of carbonyl (C=O) groups excluding carboxylic acids is 2. The van der Waals surface area contributed by atoms with Crippen molar-refractivity contribution in [1.82, 2.24) is 20.0 Å². The van der Waals surface area contributed by atoms with Crippen LogP contribution in [0, 0.1) is 12.3 Å². The van der Waals surface area contributed by atoms with E-state index in [9.17, 15) is 9.59 Å². The normalized spacial score (nSPS) is 16.4. The molecule has 0 aliphatic carbocycles. The second-order valence-corrected chi connectivity index (χ2v) is 8.86. The van der Waals surface area contributed by atoms with E-state index < -0.39 is 0 Å². The molecule has 0 saturated carbocycles. The molecule has 0 radical (unpaired) electrons. The molecule has 1 aliphatic heterocycles. The number of thiophene rings is 1. The molecule has 0 spiro atoms. The average molecular weight is 362 g/mol. The van der Waals surface area contributed by atoms with Gasteiger partial charge in [-0.1, -0.05) is 20.8 Å². The Morgan fingerprint density at radius 3 is 2.48 bits per heavy atom. The van der Waals surface area contributed by atoms with Crippen molar-refractivity contribution in [1.29, 1.82) is 0 Å². The van der Waals surface area contributed by atoms with E-state index in [1.165, 1.54) is 11.3 Å². The molecule has 0 aromatic carbocycles. The fourth-order valence-corrected chi connectivity index (χ4v) is 4.30. The van der Waals surface area contributed by atoms with Crippen molar-refractivity contribution >= 4 is 33.4 Å². The predicted octanol–water partition coefficient (Wildman–Crippen LogP) is 2.71. The SMILES string of the molecule is Cc1nn(C)c2sc(C(=O)NC3CCN(C(=O)C(C)(C)C)CC3)cc12. The smallest absolute Gasteiger partial charge is 0.261 e. The van der Waals surface area contributed by atoms with Gasteiger partial charge in [-0.15, -0.1) is 11.3 Å². The minimum absolute atomic E-state index is 0.0267. The van der Waals surface area contributed by atoms with Crippen molar-refractivity contribution in [2.24, 2.45) is 12.5 Å². The molecular formula is C18H26N4O2S. The summed E-state index contributed by atoms with van der Waals surface area (Å²) in [6, 6.07) is 2.05. The molecule has 136 valence electrons. The third-order valence-electron chi connectivity index (χ3n) is 4.68. The number of aromatic nitrogens is 2. The molecule has 0 atom stereocenters. The van der Waals surface area contributed by atoms with Crippen molar-refractivity contribution in [2.75, 3.05) is 13.1 Å². The Hall–Kier alpha value is -1.89. The van der Waals surface area contributed by atoms with Gasteiger partial charge in [0.1, 0.15) is 4.83 Å². The Kier molecular flexibility index (Phi) is 4.62. The molecule has 3 heterocycles. The van der Waals surface area contributed by atoms with Crippen LogP contribution in [0.2, 0.25) is 0 Å². The lowest BCUT2D eigenvalue weighted by atomic mass is 9.93. The Bertz CT molecular complexity index is 772. The van der Waals surface area contributed by atoms with Crippen molar-refractivity contribution in [3.8, 4) is 0 Å². The highest BCUT2D eigenvalue weighted by atomic mass is 32.1. The molecule has 25 heavy (non-hydrogen) atoms. The third-order valence-corrected chi connectivity index (χ3v) is 5.88. The Balaban J connectivity index is 1.60. The van der Waals surface area contributed by atoms with Gasteiger partial charge in [0.2, 0.25) is 5.91 Å². The van der Waals surface area contributed by atoms with Gasteiger partial charge in [-0.2, -0.15) is 5.10 Å². The molecule has 2 amide bonds. The van der Waals surface area contributed by atoms with Crippen LogP contribution in [0.5, 0.6) is 0 Å². The van der Waals surface area contributed by atoms with Crippen molar-refractivity contribution in [3.63, 3.8) is 0 Å². The van der Waals surface area contributed by atoms with Gasteiger partial charge in [0.15, 0.2) is 0 Å². The fourth-order valence-electron chi connectivity index (χ4n) is 3.27. The van der Waals surface area contributed by atoms with Gasteiger partial charge < -0.3 is 10.2 Å². The van der Waals surface area contributed by atoms with E-state index in [0.717, 1.165) is 33.6 Å². The number of nitrogens with one attached hydrogen (secondary N) is 1. The Morgan fingerprint density at radius 1 is 1.28 bits per heavy atom. The summed E-state index contributed by atoms with van der Waals surface area (Å²) in [5, 5.41) is 8.54. The maximum atomic E-state index is 12.6. The number of likely N-dealkylation sites (tertiary alicyclic amines) is 1. The van der Waals surface area contributed by atoms with Crippen LogP contribution in [0.1, 0.15) is 49.0 Å². The highest BCUT2D eigenvalue weighted by Gasteiger charge is 2.31. The molecule has 0 bridgehead atoms. The molecule has 6 nitrogen and oxygen atoms in total. The van der Waals surface area contributed by atoms with Crippen LogP contribution in [-0.4, -0.2) is 45.6 Å². The number of amides is 2. The molecule has 7 heteroatoms. The van der Waals surface area contributed by atoms with Gasteiger partial charge in [0.25, 0.3) is 5.91 Å². The average Bonchev–Trinajstić information content (AvgIpc) is 3.09. The summed E-state index contributed by atoms with van der Waals surface area (Å²) in [4.78, 5) is 28.6. The zero-order chi connectivity index (χ0) is 18.4. The summed E-state index contributed by atoms with van der Waals surface area (Å²) >= 11 is 1.47. The zero-order valence-electron chi connectivity index (χ0n) is 15.5. The third kappa shape index (κ3) is 3.56. The van der Waals surface area contributed by atoms with Crippen LogP contribution in [0.25, 0.3) is 10.2 Å². The molecule has 1 fully saturated rings. The van der Waals surface area contributed by atoms with Crippen LogP contribution >= 0.6 is 11.3 Å². The van der Waals surface area contributed by atoms with Gasteiger partial charge >= 0.3 is 0 Å². The van der Waals surface area contributed by atoms with E-state index in [0.29, 0.717) is 13.1 Å². The van der Waals surface area contributed by atoms with E-state index in [2.05, 4.69) is 10.4 Å². The molecule has 2 aromatic rings. The van der Waals surface area contributed by atoms with Gasteiger partial charge in [0.05, 0.1) is 10.6 Å². The van der Waals surface area contributed by atoms with Crippen molar-refractivity contribution in [3.05, 3.63) is 16.6 Å². The molecule has 2 aromatic heterocycles. The zero-order valence-corrected chi connectivity index (χ0v) is 16.4. The van der Waals surface area contributed by atoms with E-state index >= 15 is 0 Å². The van der Waals surface area contributed by atoms with E-state index in [1.54, 1.807) is 0 Å². The van der Waals surface area contributed by atoms with Crippen LogP contribution in [0.15, 0.2) is 6.07 Å². The minimum Gasteiger partial charge on any atom is -0.348 e. The quantitative estimate of drug-likeness (QED) is 0.893. The summed E-state index contributed by atoms with van der Waals surface area (Å²) in [7, 11) is 1.90. The van der Waals surface area contributed by atoms with Gasteiger partial charge in [-0.3, -0.25) is 14.3 Å². The van der Waals surface area contributed by atoms with Gasteiger partial charge in [0, 0.05) is 37.0 Å². The van der Waals surface area contributed by atoms with Gasteiger partial charge in [-0.25, -0.2) is 0 Å². The largest absolute Gasteiger partial charge is 0.348 e. The number of carbonyl (C=O) groups is 2. The molecule has 1 saturated heterocycles. The second-order valence-electron chi connectivity index (χ2n) is 7.83. The number of hydrogen-bond donors (Lipinski definition) is 1. The number of hydrogen-bond acceptors (Lipinski definition) is 4.